The second kappa shape index (κ2) is 10.4. The van der Waals surface area contributed by atoms with Crippen LogP contribution in [0, 0.1) is 0 Å². The molecular weight excluding hydrogens is 517 g/mol. The Hall–Kier alpha value is -3.92. The molecule has 0 saturated carbocycles. The molecule has 0 radical (unpaired) electrons. The molecule has 0 aromatic heterocycles. The quantitative estimate of drug-likeness (QED) is 0.413. The van der Waals surface area contributed by atoms with Crippen LogP contribution in [0.25, 0.3) is 6.08 Å². The molecule has 2 heterocycles. The van der Waals surface area contributed by atoms with Crippen LogP contribution in [0.4, 0.5) is 18.9 Å². The molecule has 0 saturated heterocycles. The van der Waals surface area contributed by atoms with E-state index in [1.54, 1.807) is 18.2 Å². The lowest BCUT2D eigenvalue weighted by Crippen LogP contribution is -2.43. The monoisotopic (exact) mass is 540 g/mol. The number of halogens is 3. The summed E-state index contributed by atoms with van der Waals surface area (Å²) in [5.41, 5.74) is 1.10. The molecule has 0 spiro atoms. The van der Waals surface area contributed by atoms with E-state index in [1.165, 1.54) is 34.9 Å². The van der Waals surface area contributed by atoms with E-state index in [1.807, 2.05) is 31.2 Å². The molecule has 2 amide bonds. The van der Waals surface area contributed by atoms with Crippen LogP contribution < -0.4 is 19.7 Å². The third-order valence-corrected chi connectivity index (χ3v) is 7.19. The van der Waals surface area contributed by atoms with Gasteiger partial charge < -0.3 is 14.8 Å². The highest BCUT2D eigenvalue weighted by molar-refractivity contribution is 8.04. The number of ether oxygens (including phenoxy) is 2. The highest BCUT2D eigenvalue weighted by Gasteiger charge is 2.32. The van der Waals surface area contributed by atoms with Gasteiger partial charge in [-0.2, -0.15) is 13.2 Å². The number of anilines is 1. The van der Waals surface area contributed by atoms with Gasteiger partial charge in [0.05, 0.1) is 22.2 Å². The lowest BCUT2D eigenvalue weighted by Gasteiger charge is -2.30. The molecule has 38 heavy (non-hydrogen) atoms. The summed E-state index contributed by atoms with van der Waals surface area (Å²) < 4.78 is 49.9. The van der Waals surface area contributed by atoms with Crippen LogP contribution in [-0.4, -0.2) is 31.6 Å². The molecule has 1 N–H and O–H groups in total. The fraction of sp³-hybridized carbons (Fsp3) is 0.214. The van der Waals surface area contributed by atoms with Crippen molar-refractivity contribution in [2.24, 2.45) is 0 Å². The van der Waals surface area contributed by atoms with Crippen LogP contribution >= 0.6 is 11.8 Å². The fourth-order valence-electron chi connectivity index (χ4n) is 4.18. The first-order valence-electron chi connectivity index (χ1n) is 11.9. The summed E-state index contributed by atoms with van der Waals surface area (Å²) in [6.45, 7) is 2.54. The summed E-state index contributed by atoms with van der Waals surface area (Å²) >= 11 is 1.21. The molecule has 10 heteroatoms. The van der Waals surface area contributed by atoms with Crippen LogP contribution in [0.5, 0.6) is 11.5 Å². The zero-order valence-electron chi connectivity index (χ0n) is 20.2. The Balaban J connectivity index is 1.34. The minimum Gasteiger partial charge on any atom is -0.486 e. The summed E-state index contributed by atoms with van der Waals surface area (Å²) in [6, 6.07) is 16.9. The summed E-state index contributed by atoms with van der Waals surface area (Å²) in [5.74, 6) is 0.496. The molecule has 0 aliphatic carbocycles. The van der Waals surface area contributed by atoms with Crippen molar-refractivity contribution in [3.05, 3.63) is 88.3 Å². The van der Waals surface area contributed by atoms with Gasteiger partial charge in [-0.1, -0.05) is 42.1 Å². The number of thioether (sulfide) groups is 1. The number of amides is 2. The smallest absolute Gasteiger partial charge is 0.416 e. The predicted molar refractivity (Wildman–Crippen MR) is 138 cm³/mol. The Labute approximate surface area is 221 Å². The summed E-state index contributed by atoms with van der Waals surface area (Å²) in [5, 5.41) is 2.92. The van der Waals surface area contributed by atoms with E-state index in [9.17, 15) is 22.8 Å². The zero-order chi connectivity index (χ0) is 26.9. The maximum absolute atomic E-state index is 13.4. The molecule has 3 aromatic carbocycles. The molecule has 6 nitrogen and oxygen atoms in total. The number of carbonyl (C=O) groups excluding carboxylic acids is 2. The number of para-hydroxylation sites is 1. The first-order valence-corrected chi connectivity index (χ1v) is 12.7. The molecule has 3 aromatic rings. The second-order valence-electron chi connectivity index (χ2n) is 8.78. The Morgan fingerprint density at radius 2 is 1.76 bits per heavy atom. The van der Waals surface area contributed by atoms with E-state index in [-0.39, 0.29) is 18.5 Å². The SMILES string of the molecule is CC(NC(=O)CN1C(=O)/C(=C/c2ccc(C(F)(F)F)cc2)Sc2ccccc21)c1ccc2c(c1)OCCO2. The number of fused-ring (bicyclic) bond motifs is 2. The Morgan fingerprint density at radius 3 is 2.50 bits per heavy atom. The van der Waals surface area contributed by atoms with Crippen LogP contribution in [0.15, 0.2) is 76.5 Å². The van der Waals surface area contributed by atoms with Gasteiger partial charge in [0.15, 0.2) is 11.5 Å². The highest BCUT2D eigenvalue weighted by atomic mass is 32.2. The summed E-state index contributed by atoms with van der Waals surface area (Å²) in [7, 11) is 0. The molecule has 0 bridgehead atoms. The van der Waals surface area contributed by atoms with Gasteiger partial charge in [0.25, 0.3) is 5.91 Å². The standard InChI is InChI=1S/C28H23F3N2O4S/c1-17(19-8-11-22-23(15-19)37-13-12-36-22)32-26(34)16-33-21-4-2-3-5-24(21)38-25(27(33)35)14-18-6-9-20(10-7-18)28(29,30)31/h2-11,14-15,17H,12-13,16H2,1H3,(H,32,34)/b25-14-. The van der Waals surface area contributed by atoms with Gasteiger partial charge >= 0.3 is 6.18 Å². The number of hydrogen-bond acceptors (Lipinski definition) is 5. The van der Waals surface area contributed by atoms with Gasteiger partial charge in [0, 0.05) is 4.90 Å². The predicted octanol–water partition coefficient (Wildman–Crippen LogP) is 5.83. The second-order valence-corrected chi connectivity index (χ2v) is 9.87. The van der Waals surface area contributed by atoms with Crippen molar-refractivity contribution >= 4 is 35.3 Å². The maximum atomic E-state index is 13.4. The summed E-state index contributed by atoms with van der Waals surface area (Å²) in [6.07, 6.45) is -2.91. The van der Waals surface area contributed by atoms with E-state index in [0.29, 0.717) is 40.9 Å². The first-order chi connectivity index (χ1) is 18.2. The summed E-state index contributed by atoms with van der Waals surface area (Å²) in [4.78, 5) is 28.9. The van der Waals surface area contributed by atoms with E-state index in [0.717, 1.165) is 22.6 Å². The van der Waals surface area contributed by atoms with Crippen LogP contribution in [0.2, 0.25) is 0 Å². The number of rotatable bonds is 5. The average molecular weight is 541 g/mol. The molecule has 2 aliphatic heterocycles. The van der Waals surface area contributed by atoms with Gasteiger partial charge in [0.2, 0.25) is 5.91 Å². The van der Waals surface area contributed by atoms with E-state index < -0.39 is 17.6 Å². The maximum Gasteiger partial charge on any atom is 0.416 e. The first kappa shape index (κ1) is 25.7. The van der Waals surface area contributed by atoms with Crippen molar-refractivity contribution in [2.75, 3.05) is 24.7 Å². The Kier molecular flexibility index (Phi) is 7.07. The van der Waals surface area contributed by atoms with Crippen LogP contribution in [0.3, 0.4) is 0 Å². The lowest BCUT2D eigenvalue weighted by atomic mass is 10.1. The average Bonchev–Trinajstić information content (AvgIpc) is 2.90. The minimum atomic E-state index is -4.44. The third-order valence-electron chi connectivity index (χ3n) is 6.11. The molecular formula is C28H23F3N2O4S. The van der Waals surface area contributed by atoms with Gasteiger partial charge in [-0.05, 0) is 60.5 Å². The molecule has 1 atom stereocenters. The van der Waals surface area contributed by atoms with Gasteiger partial charge in [-0.3, -0.25) is 14.5 Å². The van der Waals surface area contributed by atoms with E-state index in [4.69, 9.17) is 9.47 Å². The molecule has 2 aliphatic rings. The zero-order valence-corrected chi connectivity index (χ0v) is 21.1. The van der Waals surface area contributed by atoms with Crippen molar-refractivity contribution in [3.63, 3.8) is 0 Å². The normalized spacial score (nSPS) is 16.7. The Bertz CT molecular complexity index is 1410. The topological polar surface area (TPSA) is 67.9 Å². The minimum absolute atomic E-state index is 0.227. The van der Waals surface area contributed by atoms with Gasteiger partial charge in [0.1, 0.15) is 19.8 Å². The largest absolute Gasteiger partial charge is 0.486 e. The molecule has 5 rings (SSSR count). The van der Waals surface area contributed by atoms with Crippen molar-refractivity contribution in [1.29, 1.82) is 0 Å². The number of nitrogens with zero attached hydrogens (tertiary/aromatic N) is 1. The van der Waals surface area contributed by atoms with Gasteiger partial charge in [-0.15, -0.1) is 0 Å². The van der Waals surface area contributed by atoms with Crippen LogP contribution in [0.1, 0.15) is 29.7 Å². The fourth-order valence-corrected chi connectivity index (χ4v) is 5.24. The van der Waals surface area contributed by atoms with E-state index >= 15 is 0 Å². The van der Waals surface area contributed by atoms with Gasteiger partial charge in [-0.25, -0.2) is 0 Å². The number of nitrogens with one attached hydrogen (secondary N) is 1. The van der Waals surface area contributed by atoms with E-state index in [2.05, 4.69) is 5.32 Å². The number of hydrogen-bond donors (Lipinski definition) is 1. The number of benzene rings is 3. The van der Waals surface area contributed by atoms with Crippen molar-refractivity contribution in [1.82, 2.24) is 5.32 Å². The Morgan fingerprint density at radius 1 is 1.05 bits per heavy atom. The number of alkyl halides is 3. The molecule has 1 unspecified atom stereocenters. The molecule has 0 fully saturated rings. The third kappa shape index (κ3) is 5.50. The molecule has 196 valence electrons. The van der Waals surface area contributed by atoms with Crippen molar-refractivity contribution in [2.45, 2.75) is 24.0 Å². The van der Waals surface area contributed by atoms with Crippen molar-refractivity contribution < 1.29 is 32.2 Å². The number of carbonyl (C=O) groups is 2. The van der Waals surface area contributed by atoms with Crippen LogP contribution in [-0.2, 0) is 15.8 Å². The lowest BCUT2D eigenvalue weighted by molar-refractivity contribution is -0.137. The van der Waals surface area contributed by atoms with Crippen molar-refractivity contribution in [3.8, 4) is 11.5 Å². The highest BCUT2D eigenvalue weighted by Crippen LogP contribution is 2.42.